The van der Waals surface area contributed by atoms with E-state index in [4.69, 9.17) is 42.6 Å². The summed E-state index contributed by atoms with van der Waals surface area (Å²) >= 11 is 0. The molecule has 360 valence electrons. The Balaban J connectivity index is 1.42. The lowest BCUT2D eigenvalue weighted by Gasteiger charge is -2.50. The minimum absolute atomic E-state index is 0.736. The molecule has 0 aliphatic carbocycles. The Kier molecular flexibility index (Phi) is 18.1. The van der Waals surface area contributed by atoms with Crippen molar-refractivity contribution in [3.05, 3.63) is 0 Å². The Bertz CT molecular complexity index is 1440. The summed E-state index contributed by atoms with van der Waals surface area (Å²) in [7, 11) is 0. The fourth-order valence-corrected chi connectivity index (χ4v) is 7.83. The van der Waals surface area contributed by atoms with Crippen LogP contribution in [0.1, 0.15) is 13.8 Å². The van der Waals surface area contributed by atoms with Crippen LogP contribution in [0.15, 0.2) is 0 Å². The smallest absolute Gasteiger partial charge is 0.217 e. The van der Waals surface area contributed by atoms with Gasteiger partial charge >= 0.3 is 0 Å². The van der Waals surface area contributed by atoms with Crippen LogP contribution >= 0.6 is 0 Å². The first kappa shape index (κ1) is 51.0. The first-order chi connectivity index (χ1) is 29.3. The van der Waals surface area contributed by atoms with E-state index < -0.39 is 198 Å². The number of ether oxygens (including phenoxy) is 9. The van der Waals surface area contributed by atoms with Gasteiger partial charge in [0.05, 0.1) is 33.0 Å². The van der Waals surface area contributed by atoms with Crippen molar-refractivity contribution in [1.82, 2.24) is 10.6 Å². The molecule has 1 unspecified atom stereocenters. The van der Waals surface area contributed by atoms with Gasteiger partial charge in [-0.1, -0.05) is 0 Å². The quantitative estimate of drug-likeness (QED) is 0.0725. The van der Waals surface area contributed by atoms with E-state index in [2.05, 4.69) is 10.6 Å². The summed E-state index contributed by atoms with van der Waals surface area (Å²) in [6, 6.07) is -3.31. The molecule has 0 bridgehead atoms. The van der Waals surface area contributed by atoms with Crippen LogP contribution in [0.5, 0.6) is 0 Å². The molecule has 5 saturated heterocycles. The van der Waals surface area contributed by atoms with Gasteiger partial charge in [-0.25, -0.2) is 0 Å². The summed E-state index contributed by atoms with van der Waals surface area (Å²) in [5.41, 5.74) is 0. The SMILES string of the molecule is CC(=O)N[C@H]1[C@@H](O[C@H]2[C@@H](O)[C@@H](CO)O[C@@H](O[C@H]3[C@H](O)[C@@H](CO)O[C@@H](O[C@H]4[C@@H](O)[C@@H](CO)O[C@@H](O[C@H]5[C@H](O)[C@@H](O)C(O)O[C@@H]5CO)[C@@H]4O)[C@@H]3NC(C)=O)[C@@H]2O)O[C@H](CO)[C@H](O)[C@@H]1O. The van der Waals surface area contributed by atoms with E-state index in [0.29, 0.717) is 0 Å². The predicted octanol–water partition coefficient (Wildman–Crippen LogP) is -11.6. The fraction of sp³-hybridized carbons (Fsp3) is 0.941. The van der Waals surface area contributed by atoms with Gasteiger partial charge < -0.3 is 130 Å². The lowest BCUT2D eigenvalue weighted by Crippen LogP contribution is -2.70. The highest BCUT2D eigenvalue weighted by Crippen LogP contribution is 2.36. The molecule has 0 aromatic rings. The van der Waals surface area contributed by atoms with E-state index >= 15 is 0 Å². The molecular weight excluding hydrogens is 852 g/mol. The van der Waals surface area contributed by atoms with Crippen LogP contribution in [0.3, 0.4) is 0 Å². The first-order valence-corrected chi connectivity index (χ1v) is 19.6. The molecule has 0 aromatic heterocycles. The molecule has 5 aliphatic heterocycles. The molecule has 0 aromatic carbocycles. The Morgan fingerprint density at radius 3 is 1.18 bits per heavy atom. The van der Waals surface area contributed by atoms with Crippen molar-refractivity contribution in [3.8, 4) is 0 Å². The third kappa shape index (κ3) is 10.8. The summed E-state index contributed by atoms with van der Waals surface area (Å²) in [6.07, 6.45) is -42.7. The zero-order chi connectivity index (χ0) is 45.9. The lowest BCUT2D eigenvalue weighted by atomic mass is 9.94. The Morgan fingerprint density at radius 1 is 0.387 bits per heavy atom. The second-order valence-electron chi connectivity index (χ2n) is 15.4. The van der Waals surface area contributed by atoms with Gasteiger partial charge in [0.2, 0.25) is 11.8 Å². The van der Waals surface area contributed by atoms with Gasteiger partial charge in [-0.15, -0.1) is 0 Å². The number of amides is 2. The van der Waals surface area contributed by atoms with Crippen molar-refractivity contribution in [2.24, 2.45) is 0 Å². The molecule has 0 spiro atoms. The van der Waals surface area contributed by atoms with Crippen LogP contribution < -0.4 is 10.6 Å². The summed E-state index contributed by atoms with van der Waals surface area (Å²) in [6.45, 7) is -2.58. The maximum Gasteiger partial charge on any atom is 0.217 e. The van der Waals surface area contributed by atoms with Crippen LogP contribution in [0, 0.1) is 0 Å². The molecule has 0 radical (unpaired) electrons. The van der Waals surface area contributed by atoms with E-state index in [-0.39, 0.29) is 0 Å². The average Bonchev–Trinajstić information content (AvgIpc) is 3.23. The van der Waals surface area contributed by atoms with E-state index in [1.807, 2.05) is 0 Å². The number of carbonyl (C=O) groups is 2. The van der Waals surface area contributed by atoms with Crippen LogP contribution in [0.4, 0.5) is 0 Å². The zero-order valence-corrected chi connectivity index (χ0v) is 33.2. The molecule has 5 fully saturated rings. The molecule has 62 heavy (non-hydrogen) atoms. The molecule has 28 heteroatoms. The molecule has 5 rings (SSSR count). The normalized spacial score (nSPS) is 49.0. The second-order valence-corrected chi connectivity index (χ2v) is 15.4. The van der Waals surface area contributed by atoms with Crippen molar-refractivity contribution in [2.75, 3.05) is 33.0 Å². The van der Waals surface area contributed by atoms with Crippen LogP contribution in [-0.2, 0) is 52.2 Å². The molecule has 5 aliphatic rings. The number of carbonyl (C=O) groups excluding carboxylic acids is 2. The third-order valence-electron chi connectivity index (χ3n) is 11.1. The topological polar surface area (TPSA) is 445 Å². The molecule has 25 atom stereocenters. The van der Waals surface area contributed by atoms with Gasteiger partial charge in [0.15, 0.2) is 31.5 Å². The monoisotopic (exact) mass is 910 g/mol. The van der Waals surface area contributed by atoms with E-state index in [9.17, 15) is 86.2 Å². The molecular formula is C34H58N2O26. The molecule has 2 amide bonds. The van der Waals surface area contributed by atoms with Gasteiger partial charge in [0.1, 0.15) is 122 Å². The number of rotatable bonds is 15. The van der Waals surface area contributed by atoms with Crippen LogP contribution in [-0.4, -0.2) is 275 Å². The van der Waals surface area contributed by atoms with Gasteiger partial charge in [-0.05, 0) is 0 Å². The van der Waals surface area contributed by atoms with Gasteiger partial charge in [-0.3, -0.25) is 9.59 Å². The molecule has 5 heterocycles. The van der Waals surface area contributed by atoms with Crippen LogP contribution in [0.2, 0.25) is 0 Å². The standard InChI is InChI=1S/C34H58N2O26/c1-8(42)35-15-21(48)17(44)10(3-37)55-31(15)61-28-19(46)13(6-40)58-34(25(28)52)60-27-16(36-9(2)43)32(56-11(4-38)18(27)45)62-29-20(47)12(5-39)57-33(24(29)51)59-26-14(7-41)54-30(53)23(50)22(26)49/h10-34,37-41,44-53H,3-7H2,1-2H3,(H,35,42)(H,36,43)/t10-,11-,12-,13-,14-,15-,16-,17+,18-,19+,20+,21-,22-,23-,24-,25-,26-,27-,28+,29+,30?,31-,32+,33+,34+/m1/s1. The number of hydrogen-bond donors (Lipinski definition) is 17. The molecule has 0 saturated carbocycles. The highest BCUT2D eigenvalue weighted by atomic mass is 16.8. The van der Waals surface area contributed by atoms with Crippen molar-refractivity contribution in [1.29, 1.82) is 0 Å². The Labute approximate surface area is 351 Å². The predicted molar refractivity (Wildman–Crippen MR) is 190 cm³/mol. The summed E-state index contributed by atoms with van der Waals surface area (Å²) < 4.78 is 50.9. The van der Waals surface area contributed by atoms with Gasteiger partial charge in [0.25, 0.3) is 0 Å². The van der Waals surface area contributed by atoms with E-state index in [1.165, 1.54) is 0 Å². The lowest BCUT2D eigenvalue weighted by molar-refractivity contribution is -0.383. The number of aliphatic hydroxyl groups excluding tert-OH is 15. The van der Waals surface area contributed by atoms with Gasteiger partial charge in [0, 0.05) is 13.8 Å². The largest absolute Gasteiger partial charge is 0.394 e. The summed E-state index contributed by atoms with van der Waals surface area (Å²) in [5.74, 6) is -1.58. The maximum absolute atomic E-state index is 12.6. The van der Waals surface area contributed by atoms with Gasteiger partial charge in [-0.2, -0.15) is 0 Å². The van der Waals surface area contributed by atoms with Crippen LogP contribution in [0.25, 0.3) is 0 Å². The minimum Gasteiger partial charge on any atom is -0.394 e. The van der Waals surface area contributed by atoms with Crippen molar-refractivity contribution in [3.63, 3.8) is 0 Å². The summed E-state index contributed by atoms with van der Waals surface area (Å²) in [5, 5.41) is 163. The van der Waals surface area contributed by atoms with Crippen molar-refractivity contribution in [2.45, 2.75) is 167 Å². The number of hydrogen-bond acceptors (Lipinski definition) is 26. The van der Waals surface area contributed by atoms with E-state index in [1.54, 1.807) is 0 Å². The van der Waals surface area contributed by atoms with Crippen molar-refractivity contribution >= 4 is 11.8 Å². The molecule has 17 N–H and O–H groups in total. The fourth-order valence-electron chi connectivity index (χ4n) is 7.83. The van der Waals surface area contributed by atoms with Crippen molar-refractivity contribution < 1.29 is 129 Å². The third-order valence-corrected chi connectivity index (χ3v) is 11.1. The maximum atomic E-state index is 12.6. The Hall–Kier alpha value is -2.02. The number of nitrogens with one attached hydrogen (secondary N) is 2. The highest BCUT2D eigenvalue weighted by molar-refractivity contribution is 5.73. The number of aliphatic hydroxyl groups is 15. The van der Waals surface area contributed by atoms with E-state index in [0.717, 1.165) is 13.8 Å². The average molecular weight is 911 g/mol. The minimum atomic E-state index is -2.14. The molecule has 28 nitrogen and oxygen atoms in total. The summed E-state index contributed by atoms with van der Waals surface area (Å²) in [4.78, 5) is 24.6. The Morgan fingerprint density at radius 2 is 0.742 bits per heavy atom. The highest BCUT2D eigenvalue weighted by Gasteiger charge is 2.57. The first-order valence-electron chi connectivity index (χ1n) is 19.6. The zero-order valence-electron chi connectivity index (χ0n) is 33.2. The second kappa shape index (κ2) is 22.0.